The Bertz CT molecular complexity index is 393. The molecule has 0 aliphatic rings. The van der Waals surface area contributed by atoms with Gasteiger partial charge in [0.25, 0.3) is 5.91 Å². The lowest BCUT2D eigenvalue weighted by atomic mass is 10.1. The van der Waals surface area contributed by atoms with Gasteiger partial charge in [-0.05, 0) is 31.4 Å². The summed E-state index contributed by atoms with van der Waals surface area (Å²) in [5.74, 6) is 0.992. The molecule has 0 fully saturated rings. The Kier molecular flexibility index (Phi) is 5.99. The zero-order valence-electron chi connectivity index (χ0n) is 11.1. The van der Waals surface area contributed by atoms with Gasteiger partial charge in [-0.3, -0.25) is 4.79 Å². The summed E-state index contributed by atoms with van der Waals surface area (Å²) in [7, 11) is 0. The number of nitrogens with one attached hydrogen (secondary N) is 1. The summed E-state index contributed by atoms with van der Waals surface area (Å²) < 4.78 is 5.52. The monoisotopic (exact) mass is 269 g/mol. The van der Waals surface area contributed by atoms with Crippen molar-refractivity contribution in [2.75, 3.05) is 6.54 Å². The molecular formula is C14H20ClNO2. The van der Waals surface area contributed by atoms with E-state index in [1.54, 1.807) is 19.1 Å². The quantitative estimate of drug-likeness (QED) is 0.861. The minimum Gasteiger partial charge on any atom is -0.479 e. The Balaban J connectivity index is 2.43. The predicted molar refractivity (Wildman–Crippen MR) is 74.0 cm³/mol. The van der Waals surface area contributed by atoms with Crippen molar-refractivity contribution in [3.63, 3.8) is 0 Å². The summed E-state index contributed by atoms with van der Waals surface area (Å²) in [4.78, 5) is 11.8. The van der Waals surface area contributed by atoms with Crippen molar-refractivity contribution < 1.29 is 9.53 Å². The molecule has 18 heavy (non-hydrogen) atoms. The molecule has 1 N–H and O–H groups in total. The Morgan fingerprint density at radius 3 is 2.61 bits per heavy atom. The van der Waals surface area contributed by atoms with Gasteiger partial charge in [0.15, 0.2) is 6.10 Å². The fraction of sp³-hybridized carbons (Fsp3) is 0.500. The first kappa shape index (κ1) is 14.8. The van der Waals surface area contributed by atoms with E-state index >= 15 is 0 Å². The first-order valence-electron chi connectivity index (χ1n) is 6.19. The van der Waals surface area contributed by atoms with Crippen LogP contribution in [-0.2, 0) is 4.79 Å². The molecule has 0 saturated heterocycles. The number of para-hydroxylation sites is 1. The second kappa shape index (κ2) is 7.27. The van der Waals surface area contributed by atoms with Gasteiger partial charge in [-0.15, -0.1) is 0 Å². The highest BCUT2D eigenvalue weighted by molar-refractivity contribution is 6.32. The van der Waals surface area contributed by atoms with E-state index in [0.29, 0.717) is 23.2 Å². The van der Waals surface area contributed by atoms with Crippen molar-refractivity contribution >= 4 is 17.5 Å². The molecule has 0 saturated carbocycles. The number of amides is 1. The smallest absolute Gasteiger partial charge is 0.260 e. The molecule has 100 valence electrons. The SMILES string of the molecule is CC(C)CCNC(=O)C(C)Oc1ccccc1Cl. The number of halogens is 1. The minimum atomic E-state index is -0.544. The van der Waals surface area contributed by atoms with E-state index in [1.165, 1.54) is 0 Å². The maximum absolute atomic E-state index is 11.8. The highest BCUT2D eigenvalue weighted by Gasteiger charge is 2.15. The Morgan fingerprint density at radius 1 is 1.33 bits per heavy atom. The molecule has 1 aromatic rings. The average Bonchev–Trinajstić information content (AvgIpc) is 2.31. The van der Waals surface area contributed by atoms with Gasteiger partial charge in [0, 0.05) is 6.54 Å². The summed E-state index contributed by atoms with van der Waals surface area (Å²) >= 11 is 5.96. The Labute approximate surface area is 113 Å². The van der Waals surface area contributed by atoms with Crippen LogP contribution in [0.3, 0.4) is 0 Å². The molecule has 0 aliphatic heterocycles. The zero-order valence-corrected chi connectivity index (χ0v) is 11.8. The molecule has 0 heterocycles. The van der Waals surface area contributed by atoms with Crippen molar-refractivity contribution in [1.29, 1.82) is 0 Å². The van der Waals surface area contributed by atoms with E-state index in [0.717, 1.165) is 6.42 Å². The fourth-order valence-electron chi connectivity index (χ4n) is 1.41. The van der Waals surface area contributed by atoms with E-state index in [9.17, 15) is 4.79 Å². The Morgan fingerprint density at radius 2 is 2.00 bits per heavy atom. The number of hydrogen-bond acceptors (Lipinski definition) is 2. The normalized spacial score (nSPS) is 12.3. The number of carbonyl (C=O) groups is 1. The third-order valence-electron chi connectivity index (χ3n) is 2.53. The van der Waals surface area contributed by atoms with Gasteiger partial charge in [-0.25, -0.2) is 0 Å². The van der Waals surface area contributed by atoms with Crippen LogP contribution in [0.1, 0.15) is 27.2 Å². The standard InChI is InChI=1S/C14H20ClNO2/c1-10(2)8-9-16-14(17)11(3)18-13-7-5-4-6-12(13)15/h4-7,10-11H,8-9H2,1-3H3,(H,16,17). The fourth-order valence-corrected chi connectivity index (χ4v) is 1.59. The molecule has 0 aliphatic carbocycles. The predicted octanol–water partition coefficient (Wildman–Crippen LogP) is 3.27. The van der Waals surface area contributed by atoms with Crippen LogP contribution in [0.4, 0.5) is 0 Å². The van der Waals surface area contributed by atoms with E-state index in [1.807, 2.05) is 12.1 Å². The molecule has 3 nitrogen and oxygen atoms in total. The summed E-state index contributed by atoms with van der Waals surface area (Å²) in [5, 5.41) is 3.36. The van der Waals surface area contributed by atoms with Gasteiger partial charge in [-0.2, -0.15) is 0 Å². The van der Waals surface area contributed by atoms with Gasteiger partial charge < -0.3 is 10.1 Å². The van der Waals surface area contributed by atoms with Crippen LogP contribution in [0.5, 0.6) is 5.75 Å². The van der Waals surface area contributed by atoms with E-state index in [4.69, 9.17) is 16.3 Å². The first-order chi connectivity index (χ1) is 8.50. The molecule has 4 heteroatoms. The summed E-state index contributed by atoms with van der Waals surface area (Å²) in [5.41, 5.74) is 0. The van der Waals surface area contributed by atoms with Gasteiger partial charge in [0.05, 0.1) is 5.02 Å². The summed E-state index contributed by atoms with van der Waals surface area (Å²) in [6.45, 7) is 6.63. The van der Waals surface area contributed by atoms with Crippen molar-refractivity contribution in [2.24, 2.45) is 5.92 Å². The third-order valence-corrected chi connectivity index (χ3v) is 2.84. The molecule has 0 radical (unpaired) electrons. The van der Waals surface area contributed by atoms with Gasteiger partial charge in [-0.1, -0.05) is 37.6 Å². The number of ether oxygens (including phenoxy) is 1. The van der Waals surface area contributed by atoms with Gasteiger partial charge in [0.1, 0.15) is 5.75 Å². The molecule has 1 unspecified atom stereocenters. The lowest BCUT2D eigenvalue weighted by molar-refractivity contribution is -0.127. The number of rotatable bonds is 6. The summed E-state index contributed by atoms with van der Waals surface area (Å²) in [6.07, 6.45) is 0.418. The summed E-state index contributed by atoms with van der Waals surface area (Å²) in [6, 6.07) is 7.13. The average molecular weight is 270 g/mol. The Hall–Kier alpha value is -1.22. The molecule has 1 amide bonds. The minimum absolute atomic E-state index is 0.115. The maximum Gasteiger partial charge on any atom is 0.260 e. The van der Waals surface area contributed by atoms with Crippen molar-refractivity contribution in [2.45, 2.75) is 33.3 Å². The van der Waals surface area contributed by atoms with Crippen LogP contribution in [0.15, 0.2) is 24.3 Å². The van der Waals surface area contributed by atoms with E-state index in [-0.39, 0.29) is 5.91 Å². The van der Waals surface area contributed by atoms with Crippen molar-refractivity contribution in [3.05, 3.63) is 29.3 Å². The number of carbonyl (C=O) groups excluding carboxylic acids is 1. The van der Waals surface area contributed by atoms with E-state index < -0.39 is 6.10 Å². The lowest BCUT2D eigenvalue weighted by Gasteiger charge is -2.15. The van der Waals surface area contributed by atoms with Crippen molar-refractivity contribution in [1.82, 2.24) is 5.32 Å². The van der Waals surface area contributed by atoms with Crippen LogP contribution in [0.2, 0.25) is 5.02 Å². The molecule has 1 rings (SSSR count). The second-order valence-electron chi connectivity index (χ2n) is 4.66. The number of hydrogen-bond donors (Lipinski definition) is 1. The van der Waals surface area contributed by atoms with Crippen LogP contribution >= 0.6 is 11.6 Å². The first-order valence-corrected chi connectivity index (χ1v) is 6.57. The third kappa shape index (κ3) is 4.96. The highest BCUT2D eigenvalue weighted by Crippen LogP contribution is 2.24. The number of benzene rings is 1. The van der Waals surface area contributed by atoms with E-state index in [2.05, 4.69) is 19.2 Å². The van der Waals surface area contributed by atoms with Crippen LogP contribution in [0, 0.1) is 5.92 Å². The van der Waals surface area contributed by atoms with Crippen LogP contribution in [0.25, 0.3) is 0 Å². The van der Waals surface area contributed by atoms with Gasteiger partial charge in [0.2, 0.25) is 0 Å². The molecule has 0 bridgehead atoms. The largest absolute Gasteiger partial charge is 0.479 e. The topological polar surface area (TPSA) is 38.3 Å². The maximum atomic E-state index is 11.8. The zero-order chi connectivity index (χ0) is 13.5. The molecule has 1 aromatic carbocycles. The van der Waals surface area contributed by atoms with Crippen LogP contribution < -0.4 is 10.1 Å². The molecule has 0 spiro atoms. The lowest BCUT2D eigenvalue weighted by Crippen LogP contribution is -2.37. The van der Waals surface area contributed by atoms with Gasteiger partial charge >= 0.3 is 0 Å². The molecular weight excluding hydrogens is 250 g/mol. The van der Waals surface area contributed by atoms with Crippen molar-refractivity contribution in [3.8, 4) is 5.75 Å². The highest BCUT2D eigenvalue weighted by atomic mass is 35.5. The van der Waals surface area contributed by atoms with Crippen LogP contribution in [-0.4, -0.2) is 18.6 Å². The second-order valence-corrected chi connectivity index (χ2v) is 5.07. The molecule has 0 aromatic heterocycles. The molecule has 1 atom stereocenters.